The molecule has 11 rings (SSSR count). The van der Waals surface area contributed by atoms with E-state index in [1.54, 1.807) is 0 Å². The molecule has 6 aromatic rings. The van der Waals surface area contributed by atoms with Gasteiger partial charge in [-0.1, -0.05) is 127 Å². The summed E-state index contributed by atoms with van der Waals surface area (Å²) < 4.78 is 5.33. The molecule has 4 aromatic carbocycles. The van der Waals surface area contributed by atoms with Crippen molar-refractivity contribution in [2.45, 2.75) is 63.8 Å². The molecule has 0 amide bonds. The quantitative estimate of drug-likeness (QED) is 0.151. The van der Waals surface area contributed by atoms with E-state index in [-0.39, 0.29) is 0 Å². The fraction of sp³-hybridized carbons (Fsp3) is 0.222. The highest BCUT2D eigenvalue weighted by molar-refractivity contribution is 6.00. The highest BCUT2D eigenvalue weighted by Gasteiger charge is 2.29. The van der Waals surface area contributed by atoms with Gasteiger partial charge in [0.15, 0.2) is 0 Å². The Morgan fingerprint density at radius 3 is 2.27 bits per heavy atom. The van der Waals surface area contributed by atoms with Crippen LogP contribution < -0.4 is 0 Å². The van der Waals surface area contributed by atoms with E-state index in [1.165, 1.54) is 89.8 Å². The van der Waals surface area contributed by atoms with Gasteiger partial charge in [-0.2, -0.15) is 0 Å². The molecule has 0 aliphatic heterocycles. The summed E-state index contributed by atoms with van der Waals surface area (Å²) in [6, 6.07) is 37.0. The molecular weight excluding hydrogens is 677 g/mol. The Bertz CT molecular complexity index is 2730. The first-order chi connectivity index (χ1) is 27.8. The van der Waals surface area contributed by atoms with Gasteiger partial charge in [-0.25, -0.2) is 0 Å². The lowest BCUT2D eigenvalue weighted by atomic mass is 9.79. The van der Waals surface area contributed by atoms with Gasteiger partial charge in [0, 0.05) is 50.5 Å². The molecule has 3 unspecified atom stereocenters. The van der Waals surface area contributed by atoms with E-state index in [2.05, 4.69) is 173 Å². The van der Waals surface area contributed by atoms with E-state index in [0.29, 0.717) is 17.9 Å². The van der Waals surface area contributed by atoms with Crippen LogP contribution in [0.3, 0.4) is 0 Å². The summed E-state index contributed by atoms with van der Waals surface area (Å²) in [6.45, 7) is 0. The standard InChI is InChI=1S/C54H48N2/c1-3-13-37(14-4-1)39-25-29-45(30-26-39)55-51-23-9-7-21-47(51)49-35-43(27-31-53(49)55)40-17-11-18-41(33-40)44-28-32-54-50(36-44)48-22-8-10-24-52(48)56(54)46-20-12-19-42(34-46)38-15-5-2-6-16-38/h1-9,11-15,17-19,21-23,25,28-29,32-33,35-36,38,42,46H,10,16,20,24,26-27,30-31,34H2. The number of nitrogens with zero attached hydrogens (tertiary/aromatic N) is 2. The fourth-order valence-electron chi connectivity index (χ4n) is 10.6. The predicted molar refractivity (Wildman–Crippen MR) is 238 cm³/mol. The van der Waals surface area contributed by atoms with Gasteiger partial charge in [-0.05, 0) is 139 Å². The van der Waals surface area contributed by atoms with Crippen molar-refractivity contribution in [2.24, 2.45) is 11.8 Å². The molecule has 5 aliphatic carbocycles. The van der Waals surface area contributed by atoms with Crippen molar-refractivity contribution >= 4 is 50.8 Å². The number of allylic oxidation sites excluding steroid dienone is 12. The van der Waals surface area contributed by atoms with Crippen LogP contribution in [0.15, 0.2) is 152 Å². The average molecular weight is 725 g/mol. The summed E-state index contributed by atoms with van der Waals surface area (Å²) in [5.74, 6) is 1.21. The third-order valence-corrected chi connectivity index (χ3v) is 13.3. The van der Waals surface area contributed by atoms with E-state index in [4.69, 9.17) is 0 Å². The van der Waals surface area contributed by atoms with Crippen LogP contribution in [0.25, 0.3) is 61.9 Å². The van der Waals surface area contributed by atoms with Crippen molar-refractivity contribution in [1.82, 2.24) is 9.13 Å². The van der Waals surface area contributed by atoms with Crippen molar-refractivity contribution < 1.29 is 0 Å². The molecule has 0 bridgehead atoms. The highest BCUT2D eigenvalue weighted by atomic mass is 15.0. The summed E-state index contributed by atoms with van der Waals surface area (Å²) >= 11 is 0. The first kappa shape index (κ1) is 33.5. The number of para-hydroxylation sites is 1. The first-order valence-electron chi connectivity index (χ1n) is 21.0. The van der Waals surface area contributed by atoms with Crippen molar-refractivity contribution in [1.29, 1.82) is 0 Å². The van der Waals surface area contributed by atoms with Crippen molar-refractivity contribution in [2.75, 3.05) is 0 Å². The maximum absolute atomic E-state index is 2.75. The normalized spacial score (nSPS) is 21.5. The van der Waals surface area contributed by atoms with Crippen LogP contribution >= 0.6 is 0 Å². The Labute approximate surface area is 330 Å². The average Bonchev–Trinajstić information content (AvgIpc) is 3.79. The summed E-state index contributed by atoms with van der Waals surface area (Å²) in [5, 5.41) is 2.76. The lowest BCUT2D eigenvalue weighted by molar-refractivity contribution is 0.337. The smallest absolute Gasteiger partial charge is 0.0534 e. The van der Waals surface area contributed by atoms with Crippen LogP contribution in [-0.4, -0.2) is 9.13 Å². The summed E-state index contributed by atoms with van der Waals surface area (Å²) in [5.41, 5.74) is 18.1. The van der Waals surface area contributed by atoms with E-state index in [0.717, 1.165) is 51.4 Å². The van der Waals surface area contributed by atoms with Gasteiger partial charge in [-0.15, -0.1) is 0 Å². The molecule has 0 N–H and O–H groups in total. The Morgan fingerprint density at radius 2 is 1.38 bits per heavy atom. The number of benzene rings is 4. The minimum Gasteiger partial charge on any atom is -0.341 e. The molecule has 2 nitrogen and oxygen atoms in total. The lowest BCUT2D eigenvalue weighted by Crippen LogP contribution is -2.22. The molecule has 3 atom stereocenters. The minimum absolute atomic E-state index is 0.503. The van der Waals surface area contributed by atoms with Crippen LogP contribution in [0, 0.1) is 11.8 Å². The zero-order valence-electron chi connectivity index (χ0n) is 32.1. The zero-order valence-corrected chi connectivity index (χ0v) is 32.1. The van der Waals surface area contributed by atoms with Crippen molar-refractivity contribution in [3.63, 3.8) is 0 Å². The van der Waals surface area contributed by atoms with Gasteiger partial charge in [0.25, 0.3) is 0 Å². The maximum Gasteiger partial charge on any atom is 0.0534 e. The number of hydrogen-bond acceptors (Lipinski definition) is 0. The molecule has 274 valence electrons. The fourth-order valence-corrected chi connectivity index (χ4v) is 10.6. The van der Waals surface area contributed by atoms with E-state index >= 15 is 0 Å². The summed E-state index contributed by atoms with van der Waals surface area (Å²) in [7, 11) is 0. The van der Waals surface area contributed by atoms with E-state index in [1.807, 2.05) is 0 Å². The molecule has 56 heavy (non-hydrogen) atoms. The molecule has 0 radical (unpaired) electrons. The third kappa shape index (κ3) is 5.77. The van der Waals surface area contributed by atoms with Crippen LogP contribution in [-0.2, 0) is 12.8 Å². The number of hydrogen-bond donors (Lipinski definition) is 0. The Hall–Kier alpha value is -5.86. The second kappa shape index (κ2) is 14.0. The Balaban J connectivity index is 0.929. The van der Waals surface area contributed by atoms with Crippen LogP contribution in [0.2, 0.25) is 0 Å². The van der Waals surface area contributed by atoms with E-state index in [9.17, 15) is 0 Å². The second-order valence-corrected chi connectivity index (χ2v) is 16.5. The predicted octanol–water partition coefficient (Wildman–Crippen LogP) is 14.1. The van der Waals surface area contributed by atoms with Gasteiger partial charge < -0.3 is 9.13 Å². The highest BCUT2D eigenvalue weighted by Crippen LogP contribution is 2.44. The largest absolute Gasteiger partial charge is 0.341 e. The van der Waals surface area contributed by atoms with Gasteiger partial charge >= 0.3 is 0 Å². The molecule has 2 heteroatoms. The van der Waals surface area contributed by atoms with Crippen molar-refractivity contribution in [3.8, 4) is 11.1 Å². The lowest BCUT2D eigenvalue weighted by Gasteiger charge is -2.32. The van der Waals surface area contributed by atoms with Gasteiger partial charge in [0.1, 0.15) is 0 Å². The molecule has 0 saturated heterocycles. The van der Waals surface area contributed by atoms with Crippen LogP contribution in [0.4, 0.5) is 0 Å². The molecule has 0 spiro atoms. The molecule has 2 heterocycles. The minimum atomic E-state index is 0.503. The topological polar surface area (TPSA) is 9.86 Å². The monoisotopic (exact) mass is 724 g/mol. The Morgan fingerprint density at radius 1 is 0.518 bits per heavy atom. The molecule has 5 aliphatic rings. The SMILES string of the molecule is C1=CCC(C2C=CCC(n3c4c(c5cc(-c6cccc(C7=Cc8c(n(C9=CC=C(c%10ccccc%10)CC9)c9ccccc89)CC7)c6)ccc53)C=CCC4)C2)C=C1. The summed E-state index contributed by atoms with van der Waals surface area (Å²) in [6.07, 6.45) is 36.1. The number of aromatic nitrogens is 2. The third-order valence-electron chi connectivity index (χ3n) is 13.3. The first-order valence-corrected chi connectivity index (χ1v) is 21.0. The Kier molecular flexibility index (Phi) is 8.38. The van der Waals surface area contributed by atoms with Crippen molar-refractivity contribution in [3.05, 3.63) is 185 Å². The van der Waals surface area contributed by atoms with Gasteiger partial charge in [-0.3, -0.25) is 0 Å². The molecule has 0 fully saturated rings. The second-order valence-electron chi connectivity index (χ2n) is 16.5. The number of fused-ring (bicyclic) bond motifs is 6. The van der Waals surface area contributed by atoms with Gasteiger partial charge in [0.2, 0.25) is 0 Å². The summed E-state index contributed by atoms with van der Waals surface area (Å²) in [4.78, 5) is 0. The van der Waals surface area contributed by atoms with Crippen LogP contribution in [0.1, 0.15) is 84.6 Å². The van der Waals surface area contributed by atoms with E-state index < -0.39 is 0 Å². The van der Waals surface area contributed by atoms with Gasteiger partial charge in [0.05, 0.1) is 5.52 Å². The zero-order chi connectivity index (χ0) is 37.0. The molecule has 2 aromatic heterocycles. The number of rotatable bonds is 6. The maximum atomic E-state index is 2.75. The van der Waals surface area contributed by atoms with Crippen LogP contribution in [0.5, 0.6) is 0 Å². The molecular formula is C54H48N2. The molecule has 0 saturated carbocycles.